The van der Waals surface area contributed by atoms with Gasteiger partial charge in [-0.25, -0.2) is 4.39 Å². The first-order chi connectivity index (χ1) is 8.49. The Bertz CT molecular complexity index is 466. The predicted octanol–water partition coefficient (Wildman–Crippen LogP) is 2.21. The van der Waals surface area contributed by atoms with Crippen molar-refractivity contribution in [1.29, 1.82) is 0 Å². The molecule has 1 amide bonds. The quantitative estimate of drug-likeness (QED) is 0.716. The fourth-order valence-electron chi connectivity index (χ4n) is 2.07. The number of piperazine rings is 1. The molecule has 1 heterocycles. The Hall–Kier alpha value is -0.690. The summed E-state index contributed by atoms with van der Waals surface area (Å²) in [7, 11) is 2.04. The molecule has 1 atom stereocenters. The molecule has 3 nitrogen and oxygen atoms in total. The predicted molar refractivity (Wildman–Crippen MR) is 77.1 cm³/mol. The maximum Gasteiger partial charge on any atom is 0.256 e. The van der Waals surface area contributed by atoms with E-state index in [0.717, 1.165) is 10.1 Å². The van der Waals surface area contributed by atoms with E-state index < -0.39 is 5.82 Å². The largest absolute Gasteiger partial charge is 0.336 e. The van der Waals surface area contributed by atoms with Crippen molar-refractivity contribution < 1.29 is 9.18 Å². The standard InChI is InChI=1S/C13H16FIN2O/c1-9-8-17(6-5-16(9)2)13(18)11-4-3-10(15)7-12(11)14/h3-4,7,9H,5-6,8H2,1-2H3. The van der Waals surface area contributed by atoms with Gasteiger partial charge in [0.2, 0.25) is 0 Å². The zero-order valence-corrected chi connectivity index (χ0v) is 12.6. The number of hydrogen-bond donors (Lipinski definition) is 0. The fraction of sp³-hybridized carbons (Fsp3) is 0.462. The number of amides is 1. The molecule has 18 heavy (non-hydrogen) atoms. The molecule has 0 saturated carbocycles. The summed E-state index contributed by atoms with van der Waals surface area (Å²) in [5.74, 6) is -0.637. The Balaban J connectivity index is 2.16. The van der Waals surface area contributed by atoms with Crippen molar-refractivity contribution in [2.24, 2.45) is 0 Å². The number of nitrogens with zero attached hydrogens (tertiary/aromatic N) is 2. The van der Waals surface area contributed by atoms with E-state index in [-0.39, 0.29) is 11.5 Å². The van der Waals surface area contributed by atoms with Gasteiger partial charge in [-0.2, -0.15) is 0 Å². The van der Waals surface area contributed by atoms with Crippen LogP contribution in [0.2, 0.25) is 0 Å². The van der Waals surface area contributed by atoms with Gasteiger partial charge in [-0.1, -0.05) is 0 Å². The Morgan fingerprint density at radius 2 is 2.17 bits per heavy atom. The minimum Gasteiger partial charge on any atom is -0.336 e. The fourth-order valence-corrected chi connectivity index (χ4v) is 2.52. The van der Waals surface area contributed by atoms with Crippen molar-refractivity contribution in [3.8, 4) is 0 Å². The third-order valence-electron chi connectivity index (χ3n) is 3.41. The lowest BCUT2D eigenvalue weighted by molar-refractivity contribution is 0.0568. The highest BCUT2D eigenvalue weighted by Gasteiger charge is 2.26. The van der Waals surface area contributed by atoms with E-state index in [1.165, 1.54) is 6.07 Å². The number of benzene rings is 1. The van der Waals surface area contributed by atoms with Crippen molar-refractivity contribution in [3.05, 3.63) is 33.1 Å². The van der Waals surface area contributed by atoms with Crippen LogP contribution in [-0.2, 0) is 0 Å². The van der Waals surface area contributed by atoms with Crippen LogP contribution in [-0.4, -0.2) is 48.4 Å². The number of rotatable bonds is 1. The Morgan fingerprint density at radius 1 is 1.44 bits per heavy atom. The van der Waals surface area contributed by atoms with Crippen LogP contribution in [0.1, 0.15) is 17.3 Å². The first-order valence-electron chi connectivity index (χ1n) is 5.93. The number of likely N-dealkylation sites (N-methyl/N-ethyl adjacent to an activating group) is 1. The maximum absolute atomic E-state index is 13.8. The lowest BCUT2D eigenvalue weighted by atomic mass is 10.1. The van der Waals surface area contributed by atoms with Gasteiger partial charge < -0.3 is 9.80 Å². The molecule has 1 aromatic rings. The lowest BCUT2D eigenvalue weighted by Crippen LogP contribution is -2.52. The SMILES string of the molecule is CC1CN(C(=O)c2ccc(I)cc2F)CCN1C. The normalized spacial score (nSPS) is 21.1. The summed E-state index contributed by atoms with van der Waals surface area (Å²) in [5.41, 5.74) is 0.173. The highest BCUT2D eigenvalue weighted by Crippen LogP contribution is 2.16. The third-order valence-corrected chi connectivity index (χ3v) is 4.08. The second-order valence-electron chi connectivity index (χ2n) is 4.70. The molecule has 1 fully saturated rings. The topological polar surface area (TPSA) is 23.6 Å². The van der Waals surface area contributed by atoms with Crippen molar-refractivity contribution in [2.45, 2.75) is 13.0 Å². The van der Waals surface area contributed by atoms with Gasteiger partial charge >= 0.3 is 0 Å². The molecule has 5 heteroatoms. The van der Waals surface area contributed by atoms with Gasteiger partial charge in [0.1, 0.15) is 5.82 Å². The van der Waals surface area contributed by atoms with E-state index in [1.807, 2.05) is 29.6 Å². The van der Waals surface area contributed by atoms with Crippen molar-refractivity contribution in [2.75, 3.05) is 26.7 Å². The summed E-state index contributed by atoms with van der Waals surface area (Å²) in [6, 6.07) is 5.04. The summed E-state index contributed by atoms with van der Waals surface area (Å²) in [6.45, 7) is 4.22. The molecule has 0 spiro atoms. The summed E-state index contributed by atoms with van der Waals surface area (Å²) >= 11 is 2.03. The van der Waals surface area contributed by atoms with Crippen molar-refractivity contribution >= 4 is 28.5 Å². The smallest absolute Gasteiger partial charge is 0.256 e. The monoisotopic (exact) mass is 362 g/mol. The molecule has 98 valence electrons. The highest BCUT2D eigenvalue weighted by atomic mass is 127. The van der Waals surface area contributed by atoms with Gasteiger partial charge in [0, 0.05) is 29.2 Å². The molecule has 1 aliphatic heterocycles. The highest BCUT2D eigenvalue weighted by molar-refractivity contribution is 14.1. The van der Waals surface area contributed by atoms with Crippen molar-refractivity contribution in [3.63, 3.8) is 0 Å². The third kappa shape index (κ3) is 2.83. The second kappa shape index (κ2) is 5.52. The first-order valence-corrected chi connectivity index (χ1v) is 7.01. The van der Waals surface area contributed by atoms with E-state index in [9.17, 15) is 9.18 Å². The molecule has 0 N–H and O–H groups in total. The van der Waals surface area contributed by atoms with Gasteiger partial charge in [-0.3, -0.25) is 4.79 Å². The van der Waals surface area contributed by atoms with Crippen LogP contribution in [0.4, 0.5) is 4.39 Å². The Labute approximate surface area is 120 Å². The molecule has 0 aliphatic carbocycles. The van der Waals surface area contributed by atoms with Crippen LogP contribution >= 0.6 is 22.6 Å². The minimum absolute atomic E-state index is 0.173. The van der Waals surface area contributed by atoms with Crippen LogP contribution in [0.5, 0.6) is 0 Å². The minimum atomic E-state index is -0.432. The van der Waals surface area contributed by atoms with E-state index in [4.69, 9.17) is 0 Å². The number of hydrogen-bond acceptors (Lipinski definition) is 2. The van der Waals surface area contributed by atoms with Crippen LogP contribution in [0.25, 0.3) is 0 Å². The first kappa shape index (κ1) is 13.7. The molecular weight excluding hydrogens is 346 g/mol. The van der Waals surface area contributed by atoms with Crippen molar-refractivity contribution in [1.82, 2.24) is 9.80 Å². The molecule has 1 aliphatic rings. The molecule has 0 bridgehead atoms. The van der Waals surface area contributed by atoms with E-state index in [2.05, 4.69) is 11.8 Å². The number of carbonyl (C=O) groups excluding carboxylic acids is 1. The van der Waals surface area contributed by atoms with E-state index >= 15 is 0 Å². The van der Waals surface area contributed by atoms with Crippen LogP contribution in [0, 0.1) is 9.39 Å². The van der Waals surface area contributed by atoms with Crippen LogP contribution in [0.15, 0.2) is 18.2 Å². The van der Waals surface area contributed by atoms with Gasteiger partial charge in [0.15, 0.2) is 0 Å². The summed E-state index contributed by atoms with van der Waals surface area (Å²) in [6.07, 6.45) is 0. The summed E-state index contributed by atoms with van der Waals surface area (Å²) < 4.78 is 14.6. The van der Waals surface area contributed by atoms with Gasteiger partial charge in [0.25, 0.3) is 5.91 Å². The van der Waals surface area contributed by atoms with Crippen LogP contribution < -0.4 is 0 Å². The molecule has 0 aromatic heterocycles. The molecule has 0 radical (unpaired) electrons. The molecule has 1 saturated heterocycles. The molecule has 1 unspecified atom stereocenters. The van der Waals surface area contributed by atoms with Gasteiger partial charge in [-0.15, -0.1) is 0 Å². The van der Waals surface area contributed by atoms with Gasteiger partial charge in [0.05, 0.1) is 5.56 Å². The molecular formula is C13H16FIN2O. The maximum atomic E-state index is 13.8. The average molecular weight is 362 g/mol. The lowest BCUT2D eigenvalue weighted by Gasteiger charge is -2.37. The van der Waals surface area contributed by atoms with E-state index in [0.29, 0.717) is 19.1 Å². The Morgan fingerprint density at radius 3 is 2.78 bits per heavy atom. The average Bonchev–Trinajstić information content (AvgIpc) is 2.32. The van der Waals surface area contributed by atoms with E-state index in [1.54, 1.807) is 17.0 Å². The molecule has 1 aromatic carbocycles. The summed E-state index contributed by atoms with van der Waals surface area (Å²) in [4.78, 5) is 16.2. The zero-order chi connectivity index (χ0) is 13.3. The second-order valence-corrected chi connectivity index (χ2v) is 5.95. The van der Waals surface area contributed by atoms with Gasteiger partial charge in [-0.05, 0) is 54.8 Å². The van der Waals surface area contributed by atoms with Crippen LogP contribution in [0.3, 0.4) is 0 Å². The Kier molecular flexibility index (Phi) is 4.21. The summed E-state index contributed by atoms with van der Waals surface area (Å²) in [5, 5.41) is 0. The number of halogens is 2. The zero-order valence-electron chi connectivity index (χ0n) is 10.5. The molecule has 2 rings (SSSR count). The number of carbonyl (C=O) groups is 1.